The monoisotopic (exact) mass is 332 g/mol. The Balaban J connectivity index is 1.95. The van der Waals surface area contributed by atoms with Crippen LogP contribution in [0.25, 0.3) is 5.52 Å². The summed E-state index contributed by atoms with van der Waals surface area (Å²) in [4.78, 5) is 3.63. The minimum Gasteiger partial charge on any atom is -0.484 e. The molecule has 0 bridgehead atoms. The SMILES string of the molecule is CC(Oc1cccn2ncc(C#N)c12)c1cncc(C(F)(F)F)c1. The lowest BCUT2D eigenvalue weighted by molar-refractivity contribution is -0.137. The van der Waals surface area contributed by atoms with Crippen LogP contribution in [0.15, 0.2) is 43.0 Å². The van der Waals surface area contributed by atoms with Crippen LogP contribution in [0.4, 0.5) is 13.2 Å². The maximum Gasteiger partial charge on any atom is 0.417 e. The van der Waals surface area contributed by atoms with Gasteiger partial charge in [0.05, 0.1) is 11.8 Å². The van der Waals surface area contributed by atoms with Crippen molar-refractivity contribution in [3.63, 3.8) is 0 Å². The smallest absolute Gasteiger partial charge is 0.417 e. The molecule has 24 heavy (non-hydrogen) atoms. The summed E-state index contributed by atoms with van der Waals surface area (Å²) < 4.78 is 45.6. The molecule has 0 spiro atoms. The minimum atomic E-state index is -4.47. The van der Waals surface area contributed by atoms with E-state index >= 15 is 0 Å². The van der Waals surface area contributed by atoms with Crippen molar-refractivity contribution in [2.24, 2.45) is 0 Å². The van der Waals surface area contributed by atoms with Gasteiger partial charge in [0.1, 0.15) is 29.0 Å². The molecular formula is C16H11F3N4O. The van der Waals surface area contributed by atoms with Gasteiger partial charge in [0.15, 0.2) is 0 Å². The third-order valence-corrected chi connectivity index (χ3v) is 3.48. The maximum absolute atomic E-state index is 12.8. The highest BCUT2D eigenvalue weighted by atomic mass is 19.4. The summed E-state index contributed by atoms with van der Waals surface area (Å²) in [5, 5.41) is 13.2. The summed E-state index contributed by atoms with van der Waals surface area (Å²) in [7, 11) is 0. The molecule has 0 aliphatic rings. The van der Waals surface area contributed by atoms with Crippen molar-refractivity contribution in [1.82, 2.24) is 14.6 Å². The summed E-state index contributed by atoms with van der Waals surface area (Å²) in [6.45, 7) is 1.61. The number of hydrogen-bond donors (Lipinski definition) is 0. The number of nitriles is 1. The Morgan fingerprint density at radius 2 is 2.08 bits per heavy atom. The lowest BCUT2D eigenvalue weighted by atomic mass is 10.1. The number of ether oxygens (including phenoxy) is 1. The molecule has 3 rings (SSSR count). The third-order valence-electron chi connectivity index (χ3n) is 3.48. The molecule has 0 radical (unpaired) electrons. The van der Waals surface area contributed by atoms with E-state index in [0.29, 0.717) is 16.8 Å². The Bertz CT molecular complexity index is 927. The average Bonchev–Trinajstić information content (AvgIpc) is 2.98. The second-order valence-electron chi connectivity index (χ2n) is 5.10. The van der Waals surface area contributed by atoms with Crippen LogP contribution in [-0.2, 0) is 6.18 Å². The van der Waals surface area contributed by atoms with Crippen molar-refractivity contribution in [2.75, 3.05) is 0 Å². The fourth-order valence-electron chi connectivity index (χ4n) is 2.28. The van der Waals surface area contributed by atoms with Crippen LogP contribution in [0.5, 0.6) is 5.75 Å². The molecule has 0 amide bonds. The molecule has 3 heterocycles. The molecule has 0 aliphatic carbocycles. The van der Waals surface area contributed by atoms with E-state index in [2.05, 4.69) is 10.1 Å². The van der Waals surface area contributed by atoms with Crippen molar-refractivity contribution in [3.05, 3.63) is 59.7 Å². The molecular weight excluding hydrogens is 321 g/mol. The average molecular weight is 332 g/mol. The van der Waals surface area contributed by atoms with Gasteiger partial charge in [0.25, 0.3) is 0 Å². The predicted molar refractivity (Wildman–Crippen MR) is 78.2 cm³/mol. The number of fused-ring (bicyclic) bond motifs is 1. The van der Waals surface area contributed by atoms with Crippen LogP contribution in [0.2, 0.25) is 0 Å². The Kier molecular flexibility index (Phi) is 3.85. The number of hydrogen-bond acceptors (Lipinski definition) is 4. The number of nitrogens with zero attached hydrogens (tertiary/aromatic N) is 4. The standard InChI is InChI=1S/C16H11F3N4O/c1-10(11-5-13(9-21-7-11)16(17,18)19)24-14-3-2-4-23-15(14)12(6-20)8-22-23/h2-5,7-10H,1H3. The van der Waals surface area contributed by atoms with Crippen LogP contribution in [0.3, 0.4) is 0 Å². The summed E-state index contributed by atoms with van der Waals surface area (Å²) in [5.74, 6) is 0.358. The van der Waals surface area contributed by atoms with Crippen LogP contribution in [0, 0.1) is 11.3 Å². The number of halogens is 3. The Morgan fingerprint density at radius 3 is 2.79 bits per heavy atom. The zero-order chi connectivity index (χ0) is 17.3. The highest BCUT2D eigenvalue weighted by Crippen LogP contribution is 2.32. The van der Waals surface area contributed by atoms with Gasteiger partial charge in [0, 0.05) is 24.2 Å². The van der Waals surface area contributed by atoms with Crippen LogP contribution < -0.4 is 4.74 Å². The summed E-state index contributed by atoms with van der Waals surface area (Å²) >= 11 is 0. The Labute approximate surface area is 134 Å². The van der Waals surface area contributed by atoms with Crippen LogP contribution in [0.1, 0.15) is 29.7 Å². The quantitative estimate of drug-likeness (QED) is 0.732. The number of pyridine rings is 2. The van der Waals surface area contributed by atoms with Crippen molar-refractivity contribution in [1.29, 1.82) is 5.26 Å². The first-order valence-corrected chi connectivity index (χ1v) is 6.95. The van der Waals surface area contributed by atoms with Crippen LogP contribution in [-0.4, -0.2) is 14.6 Å². The molecule has 0 aliphatic heterocycles. The van der Waals surface area contributed by atoms with E-state index in [4.69, 9.17) is 10.00 Å². The predicted octanol–water partition coefficient (Wildman–Crippen LogP) is 3.76. The van der Waals surface area contributed by atoms with Gasteiger partial charge >= 0.3 is 6.18 Å². The molecule has 5 nitrogen and oxygen atoms in total. The van der Waals surface area contributed by atoms with Crippen LogP contribution >= 0.6 is 0 Å². The van der Waals surface area contributed by atoms with Crippen molar-refractivity contribution in [3.8, 4) is 11.8 Å². The van der Waals surface area contributed by atoms with Gasteiger partial charge in [-0.3, -0.25) is 4.98 Å². The second-order valence-corrected chi connectivity index (χ2v) is 5.10. The first-order chi connectivity index (χ1) is 11.4. The number of alkyl halides is 3. The highest BCUT2D eigenvalue weighted by molar-refractivity contribution is 5.68. The van der Waals surface area contributed by atoms with E-state index in [1.165, 1.54) is 16.9 Å². The van der Waals surface area contributed by atoms with E-state index < -0.39 is 17.8 Å². The maximum atomic E-state index is 12.8. The molecule has 0 aromatic carbocycles. The zero-order valence-corrected chi connectivity index (χ0v) is 12.4. The van der Waals surface area contributed by atoms with Gasteiger partial charge in [0.2, 0.25) is 0 Å². The zero-order valence-electron chi connectivity index (χ0n) is 12.4. The molecule has 3 aromatic rings. The summed E-state index contributed by atoms with van der Waals surface area (Å²) in [6, 6.07) is 6.32. The molecule has 122 valence electrons. The minimum absolute atomic E-state index is 0.282. The first kappa shape index (κ1) is 15.8. The number of rotatable bonds is 3. The van der Waals surface area contributed by atoms with Gasteiger partial charge in [-0.15, -0.1) is 0 Å². The molecule has 0 fully saturated rings. The molecule has 0 N–H and O–H groups in total. The fraction of sp³-hybridized carbons (Fsp3) is 0.188. The van der Waals surface area contributed by atoms with Crippen molar-refractivity contribution >= 4 is 5.52 Å². The summed E-state index contributed by atoms with van der Waals surface area (Å²) in [5.41, 5.74) is 0.229. The van der Waals surface area contributed by atoms with Gasteiger partial charge in [-0.2, -0.15) is 23.5 Å². The van der Waals surface area contributed by atoms with Gasteiger partial charge in [-0.25, -0.2) is 4.52 Å². The molecule has 1 unspecified atom stereocenters. The normalized spacial score (nSPS) is 12.8. The van der Waals surface area contributed by atoms with E-state index in [1.807, 2.05) is 6.07 Å². The Morgan fingerprint density at radius 1 is 1.29 bits per heavy atom. The van der Waals surface area contributed by atoms with E-state index in [1.54, 1.807) is 25.3 Å². The molecule has 0 saturated carbocycles. The van der Waals surface area contributed by atoms with Gasteiger partial charge in [-0.05, 0) is 25.1 Å². The van der Waals surface area contributed by atoms with Gasteiger partial charge in [-0.1, -0.05) is 0 Å². The lowest BCUT2D eigenvalue weighted by Gasteiger charge is -2.17. The van der Waals surface area contributed by atoms with E-state index in [9.17, 15) is 13.2 Å². The summed E-state index contributed by atoms with van der Waals surface area (Å²) in [6.07, 6.45) is -0.0172. The lowest BCUT2D eigenvalue weighted by Crippen LogP contribution is -2.10. The molecule has 0 saturated heterocycles. The van der Waals surface area contributed by atoms with E-state index in [0.717, 1.165) is 12.3 Å². The number of aromatic nitrogens is 3. The second kappa shape index (κ2) is 5.85. The molecule has 1 atom stereocenters. The van der Waals surface area contributed by atoms with Crippen molar-refractivity contribution < 1.29 is 17.9 Å². The molecule has 3 aromatic heterocycles. The molecule has 8 heteroatoms. The first-order valence-electron chi connectivity index (χ1n) is 6.95. The van der Waals surface area contributed by atoms with Gasteiger partial charge < -0.3 is 4.74 Å². The topological polar surface area (TPSA) is 63.2 Å². The van der Waals surface area contributed by atoms with Crippen molar-refractivity contribution in [2.45, 2.75) is 19.2 Å². The third kappa shape index (κ3) is 2.88. The Hall–Kier alpha value is -3.08. The highest BCUT2D eigenvalue weighted by Gasteiger charge is 2.31. The van der Waals surface area contributed by atoms with E-state index in [-0.39, 0.29) is 5.56 Å². The fourth-order valence-corrected chi connectivity index (χ4v) is 2.28. The largest absolute Gasteiger partial charge is 0.484 e.